The van der Waals surface area contributed by atoms with E-state index in [1.54, 1.807) is 11.3 Å². The summed E-state index contributed by atoms with van der Waals surface area (Å²) in [7, 11) is 0. The number of thioether (sulfide) groups is 1. The lowest BCUT2D eigenvalue weighted by Crippen LogP contribution is -2.14. The van der Waals surface area contributed by atoms with Crippen LogP contribution in [0.1, 0.15) is 5.56 Å². The van der Waals surface area contributed by atoms with Gasteiger partial charge in [0.25, 0.3) is 0 Å². The summed E-state index contributed by atoms with van der Waals surface area (Å²) >= 11 is 3.09. The van der Waals surface area contributed by atoms with E-state index in [4.69, 9.17) is 5.11 Å². The van der Waals surface area contributed by atoms with E-state index in [0.29, 0.717) is 11.5 Å². The number of thiazole rings is 1. The molecule has 3 aromatic rings. The predicted octanol–water partition coefficient (Wildman–Crippen LogP) is 3.94. The molecule has 0 radical (unpaired) electrons. The van der Waals surface area contributed by atoms with Crippen LogP contribution in [-0.4, -0.2) is 34.1 Å². The van der Waals surface area contributed by atoms with E-state index in [2.05, 4.69) is 29.4 Å². The summed E-state index contributed by atoms with van der Waals surface area (Å²) in [4.78, 5) is 16.4. The van der Waals surface area contributed by atoms with Crippen molar-refractivity contribution in [3.63, 3.8) is 0 Å². The maximum Gasteiger partial charge on any atom is 0.234 e. The molecule has 0 bridgehead atoms. The highest BCUT2D eigenvalue weighted by Gasteiger charge is 2.07. The van der Waals surface area contributed by atoms with Crippen LogP contribution in [0.4, 0.5) is 5.69 Å². The Morgan fingerprint density at radius 3 is 2.79 bits per heavy atom. The summed E-state index contributed by atoms with van der Waals surface area (Å²) in [6.07, 6.45) is 0. The van der Waals surface area contributed by atoms with Gasteiger partial charge < -0.3 is 10.4 Å². The van der Waals surface area contributed by atoms with Crippen LogP contribution in [0.25, 0.3) is 20.8 Å². The molecule has 0 aliphatic rings. The Labute approximate surface area is 148 Å². The maximum absolute atomic E-state index is 11.8. The minimum Gasteiger partial charge on any atom is -0.396 e. The van der Waals surface area contributed by atoms with Crippen molar-refractivity contribution >= 4 is 44.9 Å². The van der Waals surface area contributed by atoms with E-state index in [9.17, 15) is 4.79 Å². The first kappa shape index (κ1) is 17.0. The Bertz CT molecular complexity index is 844. The third kappa shape index (κ3) is 4.14. The second-order valence-corrected chi connectivity index (χ2v) is 7.53. The third-order valence-electron chi connectivity index (χ3n) is 3.43. The number of hydrogen-bond donors (Lipinski definition) is 2. The molecule has 3 rings (SSSR count). The number of fused-ring (bicyclic) bond motifs is 1. The zero-order valence-corrected chi connectivity index (χ0v) is 14.9. The molecule has 2 N–H and O–H groups in total. The van der Waals surface area contributed by atoms with Crippen LogP contribution in [0.3, 0.4) is 0 Å². The standard InChI is InChI=1S/C18H18N2O2S2/c1-12-2-7-15-16(10-12)24-18(20-15)13-3-5-14(6-4-13)19-17(22)11-23-9-8-21/h2-7,10,21H,8-9,11H2,1H3,(H,19,22). The Morgan fingerprint density at radius 1 is 1.25 bits per heavy atom. The lowest BCUT2D eigenvalue weighted by Gasteiger charge is -2.05. The minimum atomic E-state index is -0.0586. The zero-order chi connectivity index (χ0) is 16.9. The second-order valence-electron chi connectivity index (χ2n) is 5.39. The van der Waals surface area contributed by atoms with Gasteiger partial charge in [0.15, 0.2) is 0 Å². The number of aliphatic hydroxyl groups excluding tert-OH is 1. The van der Waals surface area contributed by atoms with E-state index in [-0.39, 0.29) is 12.5 Å². The molecule has 24 heavy (non-hydrogen) atoms. The number of anilines is 1. The molecule has 0 saturated carbocycles. The Balaban J connectivity index is 1.70. The quantitative estimate of drug-likeness (QED) is 0.655. The summed E-state index contributed by atoms with van der Waals surface area (Å²) in [5.41, 5.74) is 4.06. The van der Waals surface area contributed by atoms with Crippen LogP contribution in [0.15, 0.2) is 42.5 Å². The van der Waals surface area contributed by atoms with Gasteiger partial charge >= 0.3 is 0 Å². The van der Waals surface area contributed by atoms with Crippen molar-refractivity contribution < 1.29 is 9.90 Å². The molecule has 1 amide bonds. The molecule has 0 unspecified atom stereocenters. The van der Waals surface area contributed by atoms with Crippen LogP contribution in [-0.2, 0) is 4.79 Å². The van der Waals surface area contributed by atoms with E-state index < -0.39 is 0 Å². The van der Waals surface area contributed by atoms with E-state index >= 15 is 0 Å². The summed E-state index contributed by atoms with van der Waals surface area (Å²) in [5, 5.41) is 12.6. The molecule has 0 saturated heterocycles. The minimum absolute atomic E-state index is 0.0586. The van der Waals surface area contributed by atoms with Gasteiger partial charge in [-0.1, -0.05) is 6.07 Å². The number of benzene rings is 2. The molecule has 1 heterocycles. The van der Waals surface area contributed by atoms with Crippen molar-refractivity contribution in [2.24, 2.45) is 0 Å². The van der Waals surface area contributed by atoms with Crippen LogP contribution >= 0.6 is 23.1 Å². The van der Waals surface area contributed by atoms with Gasteiger partial charge in [0.1, 0.15) is 5.01 Å². The van der Waals surface area contributed by atoms with Gasteiger partial charge in [-0.3, -0.25) is 4.79 Å². The van der Waals surface area contributed by atoms with Crippen molar-refractivity contribution in [3.8, 4) is 10.6 Å². The fraction of sp³-hybridized carbons (Fsp3) is 0.222. The normalized spacial score (nSPS) is 10.9. The van der Waals surface area contributed by atoms with Gasteiger partial charge in [-0.05, 0) is 48.9 Å². The molecular weight excluding hydrogens is 340 g/mol. The Morgan fingerprint density at radius 2 is 2.04 bits per heavy atom. The van der Waals surface area contributed by atoms with Crippen molar-refractivity contribution in [1.82, 2.24) is 4.98 Å². The van der Waals surface area contributed by atoms with Gasteiger partial charge in [-0.2, -0.15) is 0 Å². The summed E-state index contributed by atoms with van der Waals surface area (Å²) in [5.74, 6) is 0.861. The molecule has 0 atom stereocenters. The van der Waals surface area contributed by atoms with Crippen LogP contribution < -0.4 is 5.32 Å². The number of aliphatic hydroxyl groups is 1. The Hall–Kier alpha value is -1.89. The molecule has 0 fully saturated rings. The first-order valence-electron chi connectivity index (χ1n) is 7.62. The van der Waals surface area contributed by atoms with Gasteiger partial charge in [0.2, 0.25) is 5.91 Å². The summed E-state index contributed by atoms with van der Waals surface area (Å²) in [6.45, 7) is 2.17. The molecule has 2 aromatic carbocycles. The smallest absolute Gasteiger partial charge is 0.234 e. The number of nitrogens with one attached hydrogen (secondary N) is 1. The van der Waals surface area contributed by atoms with Gasteiger partial charge in [0, 0.05) is 17.0 Å². The molecule has 0 spiro atoms. The average molecular weight is 358 g/mol. The van der Waals surface area contributed by atoms with Crippen molar-refractivity contribution in [2.75, 3.05) is 23.4 Å². The molecule has 0 aliphatic carbocycles. The third-order valence-corrected chi connectivity index (χ3v) is 5.43. The number of carbonyl (C=O) groups is 1. The van der Waals surface area contributed by atoms with Crippen molar-refractivity contribution in [3.05, 3.63) is 48.0 Å². The fourth-order valence-corrected chi connectivity index (χ4v) is 3.88. The highest BCUT2D eigenvalue weighted by molar-refractivity contribution is 7.99. The number of aromatic nitrogens is 1. The molecule has 1 aromatic heterocycles. The number of rotatable bonds is 6. The lowest BCUT2D eigenvalue weighted by atomic mass is 10.2. The Kier molecular flexibility index (Phi) is 5.50. The molecular formula is C18H18N2O2S2. The second kappa shape index (κ2) is 7.79. The monoisotopic (exact) mass is 358 g/mol. The molecule has 6 heteroatoms. The van der Waals surface area contributed by atoms with Crippen molar-refractivity contribution in [1.29, 1.82) is 0 Å². The predicted molar refractivity (Wildman–Crippen MR) is 103 cm³/mol. The van der Waals surface area contributed by atoms with Crippen molar-refractivity contribution in [2.45, 2.75) is 6.92 Å². The summed E-state index contributed by atoms with van der Waals surface area (Å²) < 4.78 is 1.18. The largest absolute Gasteiger partial charge is 0.396 e. The zero-order valence-electron chi connectivity index (χ0n) is 13.3. The van der Waals surface area contributed by atoms with E-state index in [0.717, 1.165) is 21.8 Å². The number of carbonyl (C=O) groups excluding carboxylic acids is 1. The average Bonchev–Trinajstić information content (AvgIpc) is 2.99. The number of amides is 1. The highest BCUT2D eigenvalue weighted by atomic mass is 32.2. The first-order valence-corrected chi connectivity index (χ1v) is 9.59. The van der Waals surface area contributed by atoms with Gasteiger partial charge in [-0.15, -0.1) is 23.1 Å². The summed E-state index contributed by atoms with van der Waals surface area (Å²) in [6, 6.07) is 14.0. The number of nitrogens with zero attached hydrogens (tertiary/aromatic N) is 1. The topological polar surface area (TPSA) is 62.2 Å². The van der Waals surface area contributed by atoms with Gasteiger partial charge in [-0.25, -0.2) is 4.98 Å². The maximum atomic E-state index is 11.8. The molecule has 0 aliphatic heterocycles. The highest BCUT2D eigenvalue weighted by Crippen LogP contribution is 2.31. The molecule has 124 valence electrons. The number of hydrogen-bond acceptors (Lipinski definition) is 5. The van der Waals surface area contributed by atoms with Crippen LogP contribution in [0.5, 0.6) is 0 Å². The fourth-order valence-electron chi connectivity index (χ4n) is 2.28. The van der Waals surface area contributed by atoms with E-state index in [1.165, 1.54) is 22.0 Å². The van der Waals surface area contributed by atoms with Gasteiger partial charge in [0.05, 0.1) is 22.6 Å². The molecule has 4 nitrogen and oxygen atoms in total. The number of aryl methyl sites for hydroxylation is 1. The van der Waals surface area contributed by atoms with E-state index in [1.807, 2.05) is 30.3 Å². The first-order chi connectivity index (χ1) is 11.7. The SMILES string of the molecule is Cc1ccc2nc(-c3ccc(NC(=O)CSCCO)cc3)sc2c1. The van der Waals surface area contributed by atoms with Crippen LogP contribution in [0.2, 0.25) is 0 Å². The lowest BCUT2D eigenvalue weighted by molar-refractivity contribution is -0.113. The van der Waals surface area contributed by atoms with Crippen LogP contribution in [0, 0.1) is 6.92 Å².